The Balaban J connectivity index is 1.68. The molecule has 2 aliphatic carbocycles. The summed E-state index contributed by atoms with van der Waals surface area (Å²) < 4.78 is 0. The molecule has 1 heteroatoms. The van der Waals surface area contributed by atoms with Crippen molar-refractivity contribution in [2.24, 2.45) is 5.92 Å². The van der Waals surface area contributed by atoms with Crippen molar-refractivity contribution in [3.8, 4) is 0 Å². The average Bonchev–Trinajstić information content (AvgIpc) is 3.40. The van der Waals surface area contributed by atoms with Crippen LogP contribution in [0.3, 0.4) is 0 Å². The lowest BCUT2D eigenvalue weighted by atomic mass is 9.68. The standard InChI is InChI=1S/C34H35N/c1-23-18-19-24(2)29-15-9-10-16-31(29)33(25(23)3)34(4,5)32-17-11-12-26-22-28(20-21-30(26)32)35(6)27-13-7-8-14-27/h7-13,15-23H,2,14H2,1,3-6H3/b19-18-,33-25+. The van der Waals surface area contributed by atoms with Gasteiger partial charge >= 0.3 is 0 Å². The van der Waals surface area contributed by atoms with Crippen molar-refractivity contribution in [3.05, 3.63) is 126 Å². The zero-order valence-corrected chi connectivity index (χ0v) is 21.6. The minimum absolute atomic E-state index is 0.190. The lowest BCUT2D eigenvalue weighted by molar-refractivity contribution is 0.682. The van der Waals surface area contributed by atoms with Gasteiger partial charge in [-0.3, -0.25) is 0 Å². The van der Waals surface area contributed by atoms with Crippen LogP contribution in [0.4, 0.5) is 5.69 Å². The van der Waals surface area contributed by atoms with Gasteiger partial charge in [0, 0.05) is 30.3 Å². The third kappa shape index (κ3) is 4.00. The van der Waals surface area contributed by atoms with E-state index in [0.717, 1.165) is 12.0 Å². The molecule has 1 unspecified atom stereocenters. The fraction of sp³-hybridized carbons (Fsp3) is 0.235. The van der Waals surface area contributed by atoms with E-state index in [1.165, 1.54) is 50.0 Å². The van der Waals surface area contributed by atoms with E-state index in [2.05, 4.69) is 137 Å². The second kappa shape index (κ2) is 8.89. The molecule has 0 spiro atoms. The van der Waals surface area contributed by atoms with E-state index in [9.17, 15) is 0 Å². The molecular formula is C34H35N. The first kappa shape index (κ1) is 23.2. The molecule has 0 heterocycles. The molecule has 3 aromatic rings. The number of nitrogens with zero attached hydrogens (tertiary/aromatic N) is 1. The van der Waals surface area contributed by atoms with Crippen LogP contribution in [0, 0.1) is 5.92 Å². The molecule has 2 aliphatic rings. The summed E-state index contributed by atoms with van der Waals surface area (Å²) in [4.78, 5) is 2.30. The lowest BCUT2D eigenvalue weighted by Gasteiger charge is -2.35. The van der Waals surface area contributed by atoms with Crippen LogP contribution in [0.1, 0.15) is 50.8 Å². The molecule has 0 radical (unpaired) electrons. The van der Waals surface area contributed by atoms with Gasteiger partial charge in [-0.2, -0.15) is 0 Å². The molecule has 1 atom stereocenters. The highest BCUT2D eigenvalue weighted by Gasteiger charge is 2.33. The molecule has 1 nitrogen and oxygen atoms in total. The summed E-state index contributed by atoms with van der Waals surface area (Å²) in [5, 5.41) is 2.59. The van der Waals surface area contributed by atoms with Gasteiger partial charge in [0.15, 0.2) is 0 Å². The average molecular weight is 458 g/mol. The van der Waals surface area contributed by atoms with Gasteiger partial charge in [0.2, 0.25) is 0 Å². The zero-order chi connectivity index (χ0) is 24.7. The van der Waals surface area contributed by atoms with Crippen LogP contribution >= 0.6 is 0 Å². The van der Waals surface area contributed by atoms with E-state index < -0.39 is 0 Å². The van der Waals surface area contributed by atoms with Gasteiger partial charge in [-0.05, 0) is 69.7 Å². The number of hydrogen-bond donors (Lipinski definition) is 0. The normalized spacial score (nSPS) is 20.9. The first-order valence-electron chi connectivity index (χ1n) is 12.6. The second-order valence-corrected chi connectivity index (χ2v) is 10.5. The van der Waals surface area contributed by atoms with Crippen molar-refractivity contribution in [1.82, 2.24) is 0 Å². The second-order valence-electron chi connectivity index (χ2n) is 10.5. The highest BCUT2D eigenvalue weighted by atomic mass is 15.1. The van der Waals surface area contributed by atoms with Crippen molar-refractivity contribution in [2.75, 3.05) is 11.9 Å². The Morgan fingerprint density at radius 2 is 1.74 bits per heavy atom. The third-order valence-corrected chi connectivity index (χ3v) is 7.94. The van der Waals surface area contributed by atoms with Crippen molar-refractivity contribution >= 4 is 27.6 Å². The van der Waals surface area contributed by atoms with Crippen LogP contribution in [-0.4, -0.2) is 7.05 Å². The Hall–Kier alpha value is -3.58. The Bertz CT molecular complexity index is 1440. The quantitative estimate of drug-likeness (QED) is 0.377. The molecule has 0 fully saturated rings. The fourth-order valence-corrected chi connectivity index (χ4v) is 5.76. The SMILES string of the molecule is C=C1/C=C\C(C)/C(C)=C(/C(C)(C)c2cccc3cc(N(C)C4=CC=CC4)ccc23)c2ccccc21. The van der Waals surface area contributed by atoms with Gasteiger partial charge < -0.3 is 4.90 Å². The van der Waals surface area contributed by atoms with Crippen LogP contribution in [0.5, 0.6) is 0 Å². The van der Waals surface area contributed by atoms with Gasteiger partial charge in [-0.1, -0.05) is 106 Å². The monoisotopic (exact) mass is 457 g/mol. The number of allylic oxidation sites excluding steroid dienone is 8. The van der Waals surface area contributed by atoms with Crippen LogP contribution in [-0.2, 0) is 5.41 Å². The Kier molecular flexibility index (Phi) is 5.89. The van der Waals surface area contributed by atoms with Crippen LogP contribution in [0.25, 0.3) is 21.9 Å². The summed E-state index contributed by atoms with van der Waals surface area (Å²) in [6, 6.07) is 22.4. The van der Waals surface area contributed by atoms with Crippen molar-refractivity contribution in [3.63, 3.8) is 0 Å². The minimum Gasteiger partial charge on any atom is -0.348 e. The summed E-state index contributed by atoms with van der Waals surface area (Å²) in [6.45, 7) is 13.8. The maximum absolute atomic E-state index is 4.39. The molecule has 5 rings (SSSR count). The minimum atomic E-state index is -0.190. The van der Waals surface area contributed by atoms with E-state index >= 15 is 0 Å². The lowest BCUT2D eigenvalue weighted by Crippen LogP contribution is -2.23. The van der Waals surface area contributed by atoms with Crippen molar-refractivity contribution < 1.29 is 0 Å². The number of benzene rings is 3. The van der Waals surface area contributed by atoms with Crippen LogP contribution in [0.15, 0.2) is 109 Å². The van der Waals surface area contributed by atoms with E-state index in [0.29, 0.717) is 5.92 Å². The molecule has 176 valence electrons. The van der Waals surface area contributed by atoms with Gasteiger partial charge in [0.25, 0.3) is 0 Å². The Morgan fingerprint density at radius 3 is 2.49 bits per heavy atom. The van der Waals surface area contributed by atoms with Gasteiger partial charge in [0.05, 0.1) is 0 Å². The Labute approximate surface area is 210 Å². The summed E-state index contributed by atoms with van der Waals surface area (Å²) in [5.41, 5.74) is 10.1. The van der Waals surface area contributed by atoms with Crippen molar-refractivity contribution in [1.29, 1.82) is 0 Å². The summed E-state index contributed by atoms with van der Waals surface area (Å²) in [7, 11) is 2.16. The maximum atomic E-state index is 4.39. The number of anilines is 1. The molecule has 0 saturated carbocycles. The highest BCUT2D eigenvalue weighted by molar-refractivity contribution is 5.95. The largest absolute Gasteiger partial charge is 0.348 e. The van der Waals surface area contributed by atoms with E-state index in [1.54, 1.807) is 0 Å². The molecule has 0 saturated heterocycles. The first-order valence-corrected chi connectivity index (χ1v) is 12.6. The molecule has 0 N–H and O–H groups in total. The van der Waals surface area contributed by atoms with Crippen molar-refractivity contribution in [2.45, 2.75) is 39.5 Å². The highest BCUT2D eigenvalue weighted by Crippen LogP contribution is 2.47. The zero-order valence-electron chi connectivity index (χ0n) is 21.6. The molecular weight excluding hydrogens is 422 g/mol. The fourth-order valence-electron chi connectivity index (χ4n) is 5.76. The maximum Gasteiger partial charge on any atom is 0.0412 e. The summed E-state index contributed by atoms with van der Waals surface area (Å²) >= 11 is 0. The van der Waals surface area contributed by atoms with Gasteiger partial charge in [-0.25, -0.2) is 0 Å². The predicted octanol–water partition coefficient (Wildman–Crippen LogP) is 9.09. The van der Waals surface area contributed by atoms with Gasteiger partial charge in [0.1, 0.15) is 0 Å². The molecule has 0 bridgehead atoms. The molecule has 0 aromatic heterocycles. The van der Waals surface area contributed by atoms with E-state index in [-0.39, 0.29) is 5.41 Å². The summed E-state index contributed by atoms with van der Waals surface area (Å²) in [5.74, 6) is 0.345. The summed E-state index contributed by atoms with van der Waals surface area (Å²) in [6.07, 6.45) is 12.0. The topological polar surface area (TPSA) is 3.24 Å². The number of hydrogen-bond acceptors (Lipinski definition) is 1. The number of rotatable bonds is 4. The molecule has 0 amide bonds. The molecule has 3 aromatic carbocycles. The van der Waals surface area contributed by atoms with E-state index in [1.807, 2.05) is 0 Å². The smallest absolute Gasteiger partial charge is 0.0412 e. The Morgan fingerprint density at radius 1 is 0.971 bits per heavy atom. The van der Waals surface area contributed by atoms with Crippen LogP contribution in [0.2, 0.25) is 0 Å². The number of fused-ring (bicyclic) bond motifs is 2. The predicted molar refractivity (Wildman–Crippen MR) is 154 cm³/mol. The first-order chi connectivity index (χ1) is 16.8. The van der Waals surface area contributed by atoms with Crippen LogP contribution < -0.4 is 4.90 Å². The van der Waals surface area contributed by atoms with E-state index in [4.69, 9.17) is 0 Å². The van der Waals surface area contributed by atoms with Gasteiger partial charge in [-0.15, -0.1) is 0 Å². The molecule has 35 heavy (non-hydrogen) atoms. The third-order valence-electron chi connectivity index (χ3n) is 7.94. The molecule has 0 aliphatic heterocycles.